The third kappa shape index (κ3) is 31.9. The fourth-order valence-corrected chi connectivity index (χ4v) is 6.81. The Labute approximate surface area is 304 Å². The molecule has 0 fully saturated rings. The number of carbonyl (C=O) groups is 1. The fraction of sp³-hybridized carbons (Fsp3) is 0.841. The molecule has 0 saturated carbocycles. The molecule has 0 bridgehead atoms. The molecule has 0 aromatic heterocycles. The smallest absolute Gasteiger partial charge is 0.321 e. The molecule has 0 aliphatic carbocycles. The molecule has 1 unspecified atom stereocenters. The van der Waals surface area contributed by atoms with Gasteiger partial charge in [0.15, 0.2) is 0 Å². The Balaban J connectivity index is 2.07. The van der Waals surface area contributed by atoms with Gasteiger partial charge in [0.2, 0.25) is 0 Å². The summed E-state index contributed by atoms with van der Waals surface area (Å²) in [5.74, 6) is 0.189. The number of amides is 2. The van der Waals surface area contributed by atoms with Crippen molar-refractivity contribution in [2.45, 2.75) is 232 Å². The van der Waals surface area contributed by atoms with Crippen molar-refractivity contribution >= 4 is 11.7 Å². The SMILES string of the molecule is CCCCCCCCCCCCCCCCCCCCCCOC(CCCCCCCCCCCCCC)NC(=O)Nc1ccc(O)cc1. The van der Waals surface area contributed by atoms with Gasteiger partial charge in [-0.2, -0.15) is 0 Å². The molecular weight excluding hydrogens is 604 g/mol. The summed E-state index contributed by atoms with van der Waals surface area (Å²) in [4.78, 5) is 12.7. The van der Waals surface area contributed by atoms with Crippen LogP contribution in [0.4, 0.5) is 10.5 Å². The lowest BCUT2D eigenvalue weighted by Crippen LogP contribution is -2.40. The lowest BCUT2D eigenvalue weighted by Gasteiger charge is -2.20. The minimum Gasteiger partial charge on any atom is -0.508 e. The van der Waals surface area contributed by atoms with Gasteiger partial charge in [-0.25, -0.2) is 4.79 Å². The van der Waals surface area contributed by atoms with Gasteiger partial charge in [0.25, 0.3) is 0 Å². The molecule has 0 aliphatic heterocycles. The molecule has 0 radical (unpaired) electrons. The zero-order valence-corrected chi connectivity index (χ0v) is 32.7. The number of carbonyl (C=O) groups excluding carboxylic acids is 1. The second-order valence-corrected chi connectivity index (χ2v) is 14.9. The minimum atomic E-state index is -0.263. The molecule has 286 valence electrons. The summed E-state index contributed by atoms with van der Waals surface area (Å²) >= 11 is 0. The van der Waals surface area contributed by atoms with Crippen LogP contribution in [0.2, 0.25) is 0 Å². The van der Waals surface area contributed by atoms with Crippen molar-refractivity contribution in [1.82, 2.24) is 5.32 Å². The first-order valence-electron chi connectivity index (χ1n) is 21.6. The van der Waals surface area contributed by atoms with Crippen LogP contribution in [0.3, 0.4) is 0 Å². The van der Waals surface area contributed by atoms with E-state index in [0.717, 1.165) is 19.3 Å². The van der Waals surface area contributed by atoms with Crippen molar-refractivity contribution in [3.63, 3.8) is 0 Å². The highest BCUT2D eigenvalue weighted by atomic mass is 16.5. The van der Waals surface area contributed by atoms with Crippen LogP contribution in [0.15, 0.2) is 24.3 Å². The van der Waals surface area contributed by atoms with Gasteiger partial charge >= 0.3 is 6.03 Å². The molecule has 1 atom stereocenters. The second-order valence-electron chi connectivity index (χ2n) is 14.9. The van der Waals surface area contributed by atoms with Crippen molar-refractivity contribution < 1.29 is 14.6 Å². The van der Waals surface area contributed by atoms with E-state index in [1.807, 2.05) is 0 Å². The molecule has 0 aliphatic rings. The monoisotopic (exact) mass is 687 g/mol. The van der Waals surface area contributed by atoms with E-state index >= 15 is 0 Å². The first-order chi connectivity index (χ1) is 24.2. The van der Waals surface area contributed by atoms with E-state index in [2.05, 4.69) is 24.5 Å². The van der Waals surface area contributed by atoms with Crippen LogP contribution in [0.1, 0.15) is 226 Å². The lowest BCUT2D eigenvalue weighted by atomic mass is 10.0. The van der Waals surface area contributed by atoms with Crippen LogP contribution in [0, 0.1) is 0 Å². The molecule has 1 aromatic carbocycles. The third-order valence-corrected chi connectivity index (χ3v) is 10.1. The second kappa shape index (κ2) is 36.1. The first kappa shape index (κ1) is 45.3. The highest BCUT2D eigenvalue weighted by molar-refractivity contribution is 5.89. The average molecular weight is 687 g/mol. The van der Waals surface area contributed by atoms with Gasteiger partial charge < -0.3 is 20.5 Å². The van der Waals surface area contributed by atoms with Crippen LogP contribution in [-0.2, 0) is 4.74 Å². The number of anilines is 1. The van der Waals surface area contributed by atoms with Crippen molar-refractivity contribution in [3.05, 3.63) is 24.3 Å². The van der Waals surface area contributed by atoms with E-state index in [4.69, 9.17) is 4.74 Å². The van der Waals surface area contributed by atoms with Crippen molar-refractivity contribution in [3.8, 4) is 5.75 Å². The maximum atomic E-state index is 12.7. The molecule has 0 heterocycles. The Bertz CT molecular complexity index is 815. The van der Waals surface area contributed by atoms with Crippen LogP contribution in [0.25, 0.3) is 0 Å². The number of benzene rings is 1. The molecule has 49 heavy (non-hydrogen) atoms. The number of urea groups is 1. The van der Waals surface area contributed by atoms with Gasteiger partial charge in [0.05, 0.1) is 0 Å². The average Bonchev–Trinajstić information content (AvgIpc) is 3.10. The van der Waals surface area contributed by atoms with Crippen LogP contribution < -0.4 is 10.6 Å². The summed E-state index contributed by atoms with van der Waals surface area (Å²) in [6.07, 6.45) is 44.1. The predicted molar refractivity (Wildman–Crippen MR) is 214 cm³/mol. The predicted octanol–water partition coefficient (Wildman–Crippen LogP) is 14.8. The van der Waals surface area contributed by atoms with Gasteiger partial charge in [-0.15, -0.1) is 0 Å². The number of hydrogen-bond acceptors (Lipinski definition) is 3. The molecular formula is C44H82N2O3. The Morgan fingerprint density at radius 1 is 0.510 bits per heavy atom. The number of phenols is 1. The van der Waals surface area contributed by atoms with Gasteiger partial charge in [-0.05, 0) is 43.5 Å². The normalized spacial score (nSPS) is 12.0. The molecule has 0 spiro atoms. The molecule has 2 amide bonds. The number of hydrogen-bond donors (Lipinski definition) is 3. The molecule has 0 saturated heterocycles. The zero-order valence-electron chi connectivity index (χ0n) is 32.7. The molecule has 1 rings (SSSR count). The van der Waals surface area contributed by atoms with Crippen molar-refractivity contribution in [2.75, 3.05) is 11.9 Å². The first-order valence-corrected chi connectivity index (χ1v) is 21.6. The zero-order chi connectivity index (χ0) is 35.3. The van der Waals surface area contributed by atoms with Gasteiger partial charge in [0.1, 0.15) is 12.0 Å². The maximum Gasteiger partial charge on any atom is 0.321 e. The fourth-order valence-electron chi connectivity index (χ4n) is 6.81. The van der Waals surface area contributed by atoms with E-state index in [0.29, 0.717) is 12.3 Å². The number of phenolic OH excluding ortho intramolecular Hbond substituents is 1. The van der Waals surface area contributed by atoms with Crippen molar-refractivity contribution in [1.29, 1.82) is 0 Å². The Morgan fingerprint density at radius 3 is 1.20 bits per heavy atom. The molecule has 5 nitrogen and oxygen atoms in total. The van der Waals surface area contributed by atoms with Gasteiger partial charge in [-0.1, -0.05) is 206 Å². The summed E-state index contributed by atoms with van der Waals surface area (Å²) < 4.78 is 6.19. The van der Waals surface area contributed by atoms with E-state index in [9.17, 15) is 9.90 Å². The van der Waals surface area contributed by atoms with Crippen LogP contribution in [-0.4, -0.2) is 24.0 Å². The Morgan fingerprint density at radius 2 is 0.837 bits per heavy atom. The van der Waals surface area contributed by atoms with E-state index in [-0.39, 0.29) is 18.0 Å². The third-order valence-electron chi connectivity index (χ3n) is 10.1. The summed E-state index contributed by atoms with van der Waals surface area (Å²) in [6, 6.07) is 6.31. The minimum absolute atomic E-state index is 0.189. The van der Waals surface area contributed by atoms with E-state index in [1.54, 1.807) is 24.3 Å². The number of nitrogens with one attached hydrogen (secondary N) is 2. The highest BCUT2D eigenvalue weighted by Crippen LogP contribution is 2.17. The number of aromatic hydroxyl groups is 1. The number of ether oxygens (including phenoxy) is 1. The standard InChI is InChI=1S/C44H82N2O3/c1-3-5-7-9-11-13-15-17-18-19-20-21-22-23-24-26-28-30-32-34-40-49-43(46-44(48)45-41-36-38-42(47)39-37-41)35-33-31-29-27-25-16-14-12-10-8-6-4-2/h36-39,43,47H,3-35,40H2,1-2H3,(H2,45,46,48). The number of unbranched alkanes of at least 4 members (excludes halogenated alkanes) is 30. The topological polar surface area (TPSA) is 70.6 Å². The maximum absolute atomic E-state index is 12.7. The summed E-state index contributed by atoms with van der Waals surface area (Å²) in [7, 11) is 0. The molecule has 3 N–H and O–H groups in total. The van der Waals surface area contributed by atoms with Crippen LogP contribution >= 0.6 is 0 Å². The van der Waals surface area contributed by atoms with Gasteiger partial charge in [-0.3, -0.25) is 0 Å². The van der Waals surface area contributed by atoms with Crippen LogP contribution in [0.5, 0.6) is 5.75 Å². The largest absolute Gasteiger partial charge is 0.508 e. The van der Waals surface area contributed by atoms with Crippen molar-refractivity contribution in [2.24, 2.45) is 0 Å². The van der Waals surface area contributed by atoms with E-state index < -0.39 is 0 Å². The summed E-state index contributed by atoms with van der Waals surface area (Å²) in [5, 5.41) is 15.4. The number of rotatable bonds is 37. The Hall–Kier alpha value is -1.75. The Kier molecular flexibility index (Phi) is 33.3. The molecule has 1 aromatic rings. The summed E-state index contributed by atoms with van der Waals surface area (Å²) in [6.45, 7) is 5.27. The van der Waals surface area contributed by atoms with E-state index in [1.165, 1.54) is 193 Å². The lowest BCUT2D eigenvalue weighted by molar-refractivity contribution is 0.0288. The molecule has 5 heteroatoms. The summed E-state index contributed by atoms with van der Waals surface area (Å²) in [5.41, 5.74) is 0.661. The quantitative estimate of drug-likeness (QED) is 0.0371. The van der Waals surface area contributed by atoms with Gasteiger partial charge in [0, 0.05) is 12.3 Å². The highest BCUT2D eigenvalue weighted by Gasteiger charge is 2.13.